The summed E-state index contributed by atoms with van der Waals surface area (Å²) in [7, 11) is -5.74. The van der Waals surface area contributed by atoms with Crippen LogP contribution in [0.4, 0.5) is 13.2 Å². The van der Waals surface area contributed by atoms with Gasteiger partial charge in [-0.05, 0) is 29.5 Å². The first kappa shape index (κ1) is 18.0. The zero-order valence-electron chi connectivity index (χ0n) is 14.1. The van der Waals surface area contributed by atoms with Crippen molar-refractivity contribution in [3.8, 4) is 0 Å². The number of sulfonamides is 1. The van der Waals surface area contributed by atoms with E-state index in [4.69, 9.17) is 0 Å². The smallest absolute Gasteiger partial charge is 0.273 e. The highest BCUT2D eigenvalue weighted by Crippen LogP contribution is 2.50. The Kier molecular flexibility index (Phi) is 4.06. The van der Waals surface area contributed by atoms with Crippen LogP contribution in [-0.2, 0) is 27.7 Å². The minimum absolute atomic E-state index is 0.102. The van der Waals surface area contributed by atoms with Crippen LogP contribution < -0.4 is 0 Å². The van der Waals surface area contributed by atoms with Crippen LogP contribution in [0.25, 0.3) is 0 Å². The summed E-state index contributed by atoms with van der Waals surface area (Å²) in [5, 5.41) is 0. The molecule has 142 valence electrons. The third-order valence-corrected chi connectivity index (χ3v) is 6.93. The molecule has 0 bridgehead atoms. The van der Waals surface area contributed by atoms with Gasteiger partial charge >= 0.3 is 15.5 Å². The summed E-state index contributed by atoms with van der Waals surface area (Å²) in [4.78, 5) is 12.9. The Bertz CT molecular complexity index is 989. The van der Waals surface area contributed by atoms with E-state index < -0.39 is 39.3 Å². The van der Waals surface area contributed by atoms with Gasteiger partial charge in [-0.3, -0.25) is 4.79 Å². The number of fused-ring (bicyclic) bond motifs is 3. The molecular weight excluding hydrogens is 379 g/mol. The largest absolute Gasteiger partial charge is 0.516 e. The molecule has 27 heavy (non-hydrogen) atoms. The van der Waals surface area contributed by atoms with Crippen LogP contribution in [0, 0.1) is 5.92 Å². The van der Waals surface area contributed by atoms with E-state index in [0.717, 1.165) is 16.7 Å². The molecule has 0 unspecified atom stereocenters. The third-order valence-electron chi connectivity index (χ3n) is 5.38. The summed E-state index contributed by atoms with van der Waals surface area (Å²) < 4.78 is 64.0. The van der Waals surface area contributed by atoms with Gasteiger partial charge in [0.15, 0.2) is 0 Å². The molecule has 4 nitrogen and oxygen atoms in total. The van der Waals surface area contributed by atoms with Crippen molar-refractivity contribution in [2.45, 2.75) is 30.3 Å². The molecule has 1 saturated heterocycles. The molecule has 8 heteroatoms. The Labute approximate surface area is 154 Å². The predicted molar refractivity (Wildman–Crippen MR) is 92.1 cm³/mol. The highest BCUT2D eigenvalue weighted by molar-refractivity contribution is 7.90. The van der Waals surface area contributed by atoms with Gasteiger partial charge in [0.2, 0.25) is 5.91 Å². The van der Waals surface area contributed by atoms with E-state index in [-0.39, 0.29) is 17.1 Å². The van der Waals surface area contributed by atoms with E-state index in [1.54, 1.807) is 54.6 Å². The predicted octanol–water partition coefficient (Wildman–Crippen LogP) is 3.25. The van der Waals surface area contributed by atoms with Crippen molar-refractivity contribution < 1.29 is 26.4 Å². The Hall–Kier alpha value is -2.35. The first-order valence-electron chi connectivity index (χ1n) is 8.48. The number of hydrogen-bond acceptors (Lipinski definition) is 3. The number of benzene rings is 2. The fourth-order valence-corrected chi connectivity index (χ4v) is 5.45. The lowest BCUT2D eigenvalue weighted by Crippen LogP contribution is -2.46. The van der Waals surface area contributed by atoms with Gasteiger partial charge in [0.05, 0.1) is 12.0 Å². The number of carbonyl (C=O) groups excluding carboxylic acids is 1. The van der Waals surface area contributed by atoms with Crippen LogP contribution in [0.15, 0.2) is 54.6 Å². The number of halogens is 3. The second-order valence-electron chi connectivity index (χ2n) is 6.88. The molecule has 0 N–H and O–H groups in total. The minimum Gasteiger partial charge on any atom is -0.273 e. The average molecular weight is 395 g/mol. The molecule has 2 aliphatic rings. The molecule has 1 aliphatic heterocycles. The molecule has 1 fully saturated rings. The van der Waals surface area contributed by atoms with Crippen LogP contribution in [0.1, 0.15) is 22.6 Å². The molecule has 0 aromatic heterocycles. The number of carbonyl (C=O) groups is 1. The standard InChI is InChI=1S/C19H16F3NO3S/c20-19(21,22)27(25,26)23-16-11-13-8-4-5-9-14(13)17(16)15(18(23)24)10-12-6-2-1-3-7-12/h1-9,15-17H,10-11H2/t15-,16-,17-/m1/s1. The van der Waals surface area contributed by atoms with Crippen molar-refractivity contribution in [1.29, 1.82) is 0 Å². The molecule has 0 radical (unpaired) electrons. The Morgan fingerprint density at radius 2 is 1.63 bits per heavy atom. The van der Waals surface area contributed by atoms with Crippen LogP contribution in [-0.4, -0.2) is 30.2 Å². The lowest BCUT2D eigenvalue weighted by Gasteiger charge is -2.24. The fourth-order valence-electron chi connectivity index (χ4n) is 4.29. The monoisotopic (exact) mass is 395 g/mol. The maximum atomic E-state index is 13.2. The molecule has 3 atom stereocenters. The van der Waals surface area contributed by atoms with E-state index in [9.17, 15) is 26.4 Å². The van der Waals surface area contributed by atoms with Crippen LogP contribution >= 0.6 is 0 Å². The highest BCUT2D eigenvalue weighted by atomic mass is 32.2. The lowest BCUT2D eigenvalue weighted by molar-refractivity contribution is -0.129. The summed E-state index contributed by atoms with van der Waals surface area (Å²) in [6.07, 6.45) is 0.298. The maximum Gasteiger partial charge on any atom is 0.516 e. The van der Waals surface area contributed by atoms with E-state index in [1.807, 2.05) is 0 Å². The van der Waals surface area contributed by atoms with E-state index in [1.165, 1.54) is 0 Å². The third kappa shape index (κ3) is 2.74. The van der Waals surface area contributed by atoms with E-state index >= 15 is 0 Å². The van der Waals surface area contributed by atoms with Crippen molar-refractivity contribution in [2.75, 3.05) is 0 Å². The number of amides is 1. The van der Waals surface area contributed by atoms with E-state index in [0.29, 0.717) is 0 Å². The van der Waals surface area contributed by atoms with Gasteiger partial charge in [0, 0.05) is 5.92 Å². The first-order chi connectivity index (χ1) is 12.7. The molecule has 2 aromatic carbocycles. The molecule has 1 amide bonds. The summed E-state index contributed by atoms with van der Waals surface area (Å²) >= 11 is 0. The number of alkyl halides is 3. The molecule has 0 saturated carbocycles. The summed E-state index contributed by atoms with van der Waals surface area (Å²) in [6.45, 7) is 0. The van der Waals surface area contributed by atoms with Gasteiger partial charge in [-0.15, -0.1) is 0 Å². The van der Waals surface area contributed by atoms with Gasteiger partial charge < -0.3 is 0 Å². The maximum absolute atomic E-state index is 13.2. The second kappa shape index (κ2) is 6.09. The van der Waals surface area contributed by atoms with Gasteiger partial charge in [-0.1, -0.05) is 54.6 Å². The summed E-state index contributed by atoms with van der Waals surface area (Å²) in [6, 6.07) is 14.9. The second-order valence-corrected chi connectivity index (χ2v) is 8.68. The van der Waals surface area contributed by atoms with Gasteiger partial charge in [0.25, 0.3) is 0 Å². The molecule has 2 aromatic rings. The molecule has 4 rings (SSSR count). The van der Waals surface area contributed by atoms with E-state index in [2.05, 4.69) is 0 Å². The molecule has 1 heterocycles. The highest BCUT2D eigenvalue weighted by Gasteiger charge is 2.62. The summed E-state index contributed by atoms with van der Waals surface area (Å²) in [5.74, 6) is -2.40. The number of nitrogens with zero attached hydrogens (tertiary/aromatic N) is 1. The Morgan fingerprint density at radius 3 is 2.30 bits per heavy atom. The normalized spacial score (nSPS) is 24.8. The lowest BCUT2D eigenvalue weighted by atomic mass is 9.84. The van der Waals surface area contributed by atoms with Gasteiger partial charge in [0.1, 0.15) is 0 Å². The van der Waals surface area contributed by atoms with Crippen molar-refractivity contribution in [3.63, 3.8) is 0 Å². The Balaban J connectivity index is 1.81. The topological polar surface area (TPSA) is 54.5 Å². The Morgan fingerprint density at radius 1 is 1.00 bits per heavy atom. The van der Waals surface area contributed by atoms with Crippen molar-refractivity contribution in [1.82, 2.24) is 4.31 Å². The zero-order chi connectivity index (χ0) is 19.4. The molecular formula is C19H16F3NO3S. The van der Waals surface area contributed by atoms with Gasteiger partial charge in [-0.25, -0.2) is 4.31 Å². The molecule has 0 spiro atoms. The number of hydrogen-bond donors (Lipinski definition) is 0. The van der Waals surface area contributed by atoms with Crippen molar-refractivity contribution >= 4 is 15.9 Å². The van der Waals surface area contributed by atoms with Gasteiger partial charge in [-0.2, -0.15) is 21.6 Å². The van der Waals surface area contributed by atoms with Crippen molar-refractivity contribution in [3.05, 3.63) is 71.3 Å². The summed E-state index contributed by atoms with van der Waals surface area (Å²) in [5.41, 5.74) is -3.17. The average Bonchev–Trinajstić information content (AvgIpc) is 3.10. The quantitative estimate of drug-likeness (QED) is 0.802. The minimum atomic E-state index is -5.74. The first-order valence-corrected chi connectivity index (χ1v) is 9.92. The van der Waals surface area contributed by atoms with Crippen LogP contribution in [0.5, 0.6) is 0 Å². The van der Waals surface area contributed by atoms with Crippen LogP contribution in [0.2, 0.25) is 0 Å². The van der Waals surface area contributed by atoms with Crippen LogP contribution in [0.3, 0.4) is 0 Å². The fraction of sp³-hybridized carbons (Fsp3) is 0.316. The SMILES string of the molecule is O=C1[C@H](Cc2ccccc2)[C@H]2c3ccccc3C[C@H]2N1S(=O)(=O)C(F)(F)F. The van der Waals surface area contributed by atoms with Crippen molar-refractivity contribution in [2.24, 2.45) is 5.92 Å². The zero-order valence-corrected chi connectivity index (χ0v) is 14.9. The number of rotatable bonds is 3. The molecule has 1 aliphatic carbocycles.